The van der Waals surface area contributed by atoms with Gasteiger partial charge in [0, 0.05) is 65.3 Å². The number of nitrogens with two attached hydrogens (primary N) is 1. The lowest BCUT2D eigenvalue weighted by Crippen LogP contribution is -2.47. The molecule has 0 radical (unpaired) electrons. The van der Waals surface area contributed by atoms with Gasteiger partial charge in [0.15, 0.2) is 0 Å². The molecule has 4 aliphatic rings. The zero-order chi connectivity index (χ0) is 75.2. The molecule has 33 nitrogen and oxygen atoms in total. The zero-order valence-corrected chi connectivity index (χ0v) is 60.1. The third-order valence-corrected chi connectivity index (χ3v) is 18.5. The molecule has 9 rings (SSSR count). The molecule has 8 N–H and O–H groups in total. The number of cyclic esters (lactones) is 1. The molecule has 6 heterocycles. The number of aromatic nitrogens is 5. The highest BCUT2D eigenvalue weighted by atomic mass is 16.7. The van der Waals surface area contributed by atoms with Crippen molar-refractivity contribution in [1.29, 1.82) is 0 Å². The van der Waals surface area contributed by atoms with Crippen LogP contribution in [0.1, 0.15) is 104 Å². The average molecular weight is 1480 g/mol. The van der Waals surface area contributed by atoms with Gasteiger partial charge in [0.1, 0.15) is 37.3 Å². The van der Waals surface area contributed by atoms with Crippen LogP contribution in [0.3, 0.4) is 0 Å². The van der Waals surface area contributed by atoms with Crippen molar-refractivity contribution in [3.8, 4) is 17.1 Å². The first-order chi connectivity index (χ1) is 51.5. The highest BCUT2D eigenvalue weighted by Crippen LogP contribution is 2.44. The Morgan fingerprint density at radius 2 is 1.33 bits per heavy atom. The Kier molecular flexibility index (Phi) is 31.8. The number of anilines is 1. The first-order valence-electron chi connectivity index (χ1n) is 36.1. The monoisotopic (exact) mass is 1480 g/mol. The lowest BCUT2D eigenvalue weighted by molar-refractivity contribution is -0.174. The first-order valence-corrected chi connectivity index (χ1v) is 36.1. The Morgan fingerprint density at radius 1 is 0.717 bits per heavy atom. The molecule has 0 saturated heterocycles. The van der Waals surface area contributed by atoms with Crippen LogP contribution in [0, 0.1) is 11.8 Å². The standard InChI is InChI=1S/C73H97N11O22/c1-3-53-55-44-83-60(40-57-56(70(83)92)45-105-71(93)73(57,4-2)106-72(94)95)67(55)79-58-16-17-61(85)54(66(53)58)39-48-10-14-51(15-11-48)77-69(91)59(7-5-6-20-74)78-63(87)47-104-46-62(86)75-21-23-96-25-27-98-29-31-100-33-35-102-37-38-103-36-34-101-32-30-99-28-26-97-24-22-82-43-52(80-81-82)41-76-68(90)50-12-8-49(9-13-50)42-84-64(88)18-19-65(84)89/h10-11,14-19,40,43,49-50,59,85H,3-9,12-13,20-39,41-42,44-47,74H2,1-2H3,(H,75,86)(H,76,90)(H,77,91)(H,78,87)(H,94,95)/t49?,50?,59-,73-/m0/s1. The zero-order valence-electron chi connectivity index (χ0n) is 60.1. The van der Waals surface area contributed by atoms with Crippen molar-refractivity contribution in [2.24, 2.45) is 17.6 Å². The van der Waals surface area contributed by atoms with Crippen molar-refractivity contribution in [1.82, 2.24) is 45.4 Å². The van der Waals surface area contributed by atoms with E-state index in [0.29, 0.717) is 196 Å². The quantitative estimate of drug-likeness (QED) is 0.0164. The molecule has 0 unspecified atom stereocenters. The number of carboxylic acid groups (broad SMARTS) is 1. The number of aromatic hydroxyl groups is 1. The smallest absolute Gasteiger partial charge is 0.507 e. The second-order valence-corrected chi connectivity index (χ2v) is 25.7. The molecule has 5 aromatic rings. The number of benzene rings is 2. The van der Waals surface area contributed by atoms with Crippen LogP contribution < -0.4 is 32.6 Å². The van der Waals surface area contributed by atoms with E-state index in [1.807, 2.05) is 19.1 Å². The number of phenolic OH excluding ortho intramolecular Hbond substituents is 1. The number of ether oxygens (including phenoxy) is 11. The minimum absolute atomic E-state index is 0.0280. The Balaban J connectivity index is 0.545. The maximum Gasteiger partial charge on any atom is 0.507 e. The first kappa shape index (κ1) is 80.9. The maximum absolute atomic E-state index is 14.1. The number of imide groups is 1. The number of esters is 1. The molecule has 6 amide bonds. The van der Waals surface area contributed by atoms with E-state index in [-0.39, 0.29) is 92.1 Å². The molecule has 1 saturated carbocycles. The molecule has 33 heteroatoms. The third kappa shape index (κ3) is 22.9. The number of nitrogens with one attached hydrogen (secondary N) is 4. The molecule has 1 fully saturated rings. The van der Waals surface area contributed by atoms with E-state index in [1.165, 1.54) is 21.6 Å². The number of unbranched alkanes of at least 4 members (excludes halogenated alkanes) is 1. The molecule has 1 aliphatic carbocycles. The Hall–Kier alpha value is -9.16. The molecular formula is C73H97N11O22. The molecule has 0 bridgehead atoms. The number of carbonyl (C=O) groups excluding carboxylic acids is 7. The summed E-state index contributed by atoms with van der Waals surface area (Å²) in [4.78, 5) is 121. The van der Waals surface area contributed by atoms with Gasteiger partial charge in [0.25, 0.3) is 17.4 Å². The van der Waals surface area contributed by atoms with Crippen molar-refractivity contribution < 1.29 is 101 Å². The van der Waals surface area contributed by atoms with Crippen molar-refractivity contribution in [3.05, 3.63) is 110 Å². The topological polar surface area (TPSA) is 422 Å². The summed E-state index contributed by atoms with van der Waals surface area (Å²) in [5.41, 5.74) is 9.00. The van der Waals surface area contributed by atoms with Crippen molar-refractivity contribution in [3.63, 3.8) is 0 Å². The predicted molar refractivity (Wildman–Crippen MR) is 379 cm³/mol. The van der Waals surface area contributed by atoms with E-state index in [9.17, 15) is 53.4 Å². The second-order valence-electron chi connectivity index (χ2n) is 25.7. The number of hydrogen-bond donors (Lipinski definition) is 7. The minimum atomic E-state index is -2.03. The van der Waals surface area contributed by atoms with Gasteiger partial charge in [-0.3, -0.25) is 38.5 Å². The average Bonchev–Trinajstić information content (AvgIpc) is 1.52. The summed E-state index contributed by atoms with van der Waals surface area (Å²) in [5, 5.41) is 41.2. The summed E-state index contributed by atoms with van der Waals surface area (Å²) < 4.78 is 63.5. The van der Waals surface area contributed by atoms with Gasteiger partial charge in [0.2, 0.25) is 29.2 Å². The number of aryl methyl sites for hydroxylation is 1. The number of phenols is 1. The second kappa shape index (κ2) is 41.7. The maximum atomic E-state index is 14.1. The molecule has 106 heavy (non-hydrogen) atoms. The lowest BCUT2D eigenvalue weighted by Gasteiger charge is -2.34. The number of amides is 6. The van der Waals surface area contributed by atoms with Crippen LogP contribution in [0.15, 0.2) is 65.6 Å². The van der Waals surface area contributed by atoms with Crippen molar-refractivity contribution in [2.45, 2.75) is 116 Å². The number of fused-ring (bicyclic) bond motifs is 5. The van der Waals surface area contributed by atoms with E-state index in [2.05, 4.69) is 31.6 Å². The fourth-order valence-electron chi connectivity index (χ4n) is 13.0. The molecule has 2 aromatic carbocycles. The van der Waals surface area contributed by atoms with Crippen LogP contribution >= 0.6 is 0 Å². The van der Waals surface area contributed by atoms with Crippen LogP contribution in [-0.2, 0) is 130 Å². The minimum Gasteiger partial charge on any atom is -0.508 e. The lowest BCUT2D eigenvalue weighted by atomic mass is 9.81. The van der Waals surface area contributed by atoms with E-state index >= 15 is 0 Å². The van der Waals surface area contributed by atoms with Gasteiger partial charge < -0.3 is 93.9 Å². The fourth-order valence-corrected chi connectivity index (χ4v) is 13.0. The van der Waals surface area contributed by atoms with E-state index < -0.39 is 60.3 Å². The molecule has 3 aromatic heterocycles. The van der Waals surface area contributed by atoms with Crippen molar-refractivity contribution >= 4 is 64.2 Å². The summed E-state index contributed by atoms with van der Waals surface area (Å²) in [6.07, 6.45) is 7.79. The Bertz CT molecular complexity index is 3880. The Morgan fingerprint density at radius 3 is 1.93 bits per heavy atom. The highest BCUT2D eigenvalue weighted by Gasteiger charge is 2.51. The van der Waals surface area contributed by atoms with Crippen LogP contribution in [0.4, 0.5) is 10.5 Å². The predicted octanol–water partition coefficient (Wildman–Crippen LogP) is 3.10. The molecule has 2 atom stereocenters. The largest absolute Gasteiger partial charge is 0.508 e. The third-order valence-electron chi connectivity index (χ3n) is 18.5. The van der Waals surface area contributed by atoms with Gasteiger partial charge in [-0.2, -0.15) is 0 Å². The van der Waals surface area contributed by atoms with Gasteiger partial charge in [-0.05, 0) is 112 Å². The van der Waals surface area contributed by atoms with Gasteiger partial charge >= 0.3 is 12.1 Å². The summed E-state index contributed by atoms with van der Waals surface area (Å²) in [5.74, 6) is -2.87. The van der Waals surface area contributed by atoms with Crippen LogP contribution in [0.5, 0.6) is 5.75 Å². The number of rotatable bonds is 48. The Labute approximate surface area is 612 Å². The van der Waals surface area contributed by atoms with Crippen molar-refractivity contribution in [2.75, 3.05) is 144 Å². The van der Waals surface area contributed by atoms with Crippen LogP contribution in [0.25, 0.3) is 22.3 Å². The molecule has 0 spiro atoms. The molecular weight excluding hydrogens is 1380 g/mol. The summed E-state index contributed by atoms with van der Waals surface area (Å²) >= 11 is 0. The van der Waals surface area contributed by atoms with Crippen LogP contribution in [0.2, 0.25) is 0 Å². The van der Waals surface area contributed by atoms with E-state index in [1.54, 1.807) is 48.1 Å². The SMILES string of the molecule is CCc1c2c(nc3ccc(O)c(Cc4ccc(NC(=O)[C@H](CCCCN)NC(=O)COCC(=O)NCCOCCOCCOCCOCCOCCOCCOCCOCCn5cc(CNC(=O)C6CCC(CN7C(=O)C=CC7=O)CC6)nn5)cc4)c13)-c1cc3c(c(=O)n1C2)COC(=O)[C@@]3(CC)OC(=O)O. The van der Waals surface area contributed by atoms with Crippen LogP contribution in [-0.4, -0.2) is 232 Å². The van der Waals surface area contributed by atoms with Gasteiger partial charge in [-0.25, -0.2) is 19.3 Å². The highest BCUT2D eigenvalue weighted by molar-refractivity contribution is 6.13. The van der Waals surface area contributed by atoms with E-state index in [0.717, 1.165) is 29.5 Å². The number of carbonyl (C=O) groups is 8. The summed E-state index contributed by atoms with van der Waals surface area (Å²) in [6.45, 7) is 10.4. The number of nitrogens with zero attached hydrogens (tertiary/aromatic N) is 6. The molecule has 3 aliphatic heterocycles. The van der Waals surface area contributed by atoms with E-state index in [4.69, 9.17) is 62.8 Å². The summed E-state index contributed by atoms with van der Waals surface area (Å²) in [7, 11) is 0. The summed E-state index contributed by atoms with van der Waals surface area (Å²) in [6, 6.07) is 10.9. The van der Waals surface area contributed by atoms with Gasteiger partial charge in [-0.1, -0.05) is 31.2 Å². The van der Waals surface area contributed by atoms with Gasteiger partial charge in [-0.15, -0.1) is 5.10 Å². The number of pyridine rings is 2. The normalized spacial score (nSPS) is 16.9. The van der Waals surface area contributed by atoms with Gasteiger partial charge in [0.05, 0.1) is 154 Å². The molecule has 576 valence electrons. The fraction of sp³-hybridized carbons (Fsp3) is 0.562. The number of hydrogen-bond acceptors (Lipinski definition) is 25.